The molecular weight excluding hydrogens is 308 g/mol. The van der Waals surface area contributed by atoms with Gasteiger partial charge in [0.2, 0.25) is 0 Å². The van der Waals surface area contributed by atoms with E-state index < -0.39 is 0 Å². The van der Waals surface area contributed by atoms with E-state index in [-0.39, 0.29) is 5.91 Å². The van der Waals surface area contributed by atoms with Crippen molar-refractivity contribution in [3.63, 3.8) is 0 Å². The molecule has 3 aromatic rings. The molecule has 0 saturated heterocycles. The number of nitrogens with zero attached hydrogens (tertiary/aromatic N) is 1. The molecule has 2 heterocycles. The van der Waals surface area contributed by atoms with E-state index in [4.69, 9.17) is 4.52 Å². The van der Waals surface area contributed by atoms with Gasteiger partial charge in [0, 0.05) is 12.6 Å². The van der Waals surface area contributed by atoms with Gasteiger partial charge in [-0.25, -0.2) is 0 Å². The van der Waals surface area contributed by atoms with Crippen LogP contribution in [0.4, 0.5) is 0 Å². The third kappa shape index (κ3) is 4.79. The van der Waals surface area contributed by atoms with Crippen molar-refractivity contribution in [2.45, 2.75) is 20.3 Å². The predicted molar refractivity (Wildman–Crippen MR) is 93.6 cm³/mol. The van der Waals surface area contributed by atoms with E-state index in [1.807, 2.05) is 61.7 Å². The van der Waals surface area contributed by atoms with Crippen molar-refractivity contribution in [2.24, 2.45) is 0 Å². The minimum absolute atomic E-state index is 0.211. The summed E-state index contributed by atoms with van der Waals surface area (Å²) in [4.78, 5) is 13.0. The van der Waals surface area contributed by atoms with Gasteiger partial charge in [-0.05, 0) is 23.4 Å². The number of rotatable bonds is 5. The van der Waals surface area contributed by atoms with E-state index >= 15 is 0 Å². The largest absolute Gasteiger partial charge is 0.355 e. The zero-order chi connectivity index (χ0) is 16.5. The third-order valence-corrected chi connectivity index (χ3v) is 3.93. The van der Waals surface area contributed by atoms with Crippen molar-refractivity contribution in [3.8, 4) is 10.6 Å². The number of nitrogens with one attached hydrogen (secondary N) is 1. The molecule has 0 saturated carbocycles. The number of aromatic nitrogens is 1. The number of hydrogen-bond donors (Lipinski definition) is 1. The van der Waals surface area contributed by atoms with Crippen LogP contribution in [0.3, 0.4) is 0 Å². The molecule has 1 amide bonds. The van der Waals surface area contributed by atoms with Crippen molar-refractivity contribution in [1.29, 1.82) is 0 Å². The van der Waals surface area contributed by atoms with Crippen molar-refractivity contribution >= 4 is 17.2 Å². The van der Waals surface area contributed by atoms with Crippen molar-refractivity contribution in [2.75, 3.05) is 6.54 Å². The van der Waals surface area contributed by atoms with Crippen LogP contribution in [0.1, 0.15) is 29.9 Å². The van der Waals surface area contributed by atoms with E-state index in [0.29, 0.717) is 18.0 Å². The Kier molecular flexibility index (Phi) is 6.56. The van der Waals surface area contributed by atoms with Crippen LogP contribution in [-0.4, -0.2) is 17.6 Å². The highest BCUT2D eigenvalue weighted by Gasteiger charge is 2.13. The second-order valence-electron chi connectivity index (χ2n) is 4.55. The summed E-state index contributed by atoms with van der Waals surface area (Å²) < 4.78 is 5.19. The zero-order valence-electron chi connectivity index (χ0n) is 13.3. The summed E-state index contributed by atoms with van der Waals surface area (Å²) in [5.41, 5.74) is 1.50. The van der Waals surface area contributed by atoms with Gasteiger partial charge in [0.15, 0.2) is 11.5 Å². The Morgan fingerprint density at radius 1 is 1.17 bits per heavy atom. The third-order valence-electron chi connectivity index (χ3n) is 3.05. The SMILES string of the molecule is CC.O=C(NCCc1ccccc1)c1cc(-c2cccs2)on1. The monoisotopic (exact) mass is 328 g/mol. The molecule has 0 aliphatic rings. The lowest BCUT2D eigenvalue weighted by Crippen LogP contribution is -2.25. The van der Waals surface area contributed by atoms with Gasteiger partial charge in [0.05, 0.1) is 4.88 Å². The molecule has 2 aromatic heterocycles. The molecule has 23 heavy (non-hydrogen) atoms. The van der Waals surface area contributed by atoms with Crippen LogP contribution in [0.5, 0.6) is 0 Å². The molecule has 4 nitrogen and oxygen atoms in total. The minimum Gasteiger partial charge on any atom is -0.355 e. The van der Waals surface area contributed by atoms with Crippen LogP contribution in [0, 0.1) is 0 Å². The Balaban J connectivity index is 0.000000924. The smallest absolute Gasteiger partial charge is 0.273 e. The standard InChI is InChI=1S/C16H14N2O2S.C2H6/c19-16(17-9-8-12-5-2-1-3-6-12)13-11-14(20-18-13)15-7-4-10-21-15;1-2/h1-7,10-11H,8-9H2,(H,17,19);1-2H3. The number of thiophene rings is 1. The summed E-state index contributed by atoms with van der Waals surface area (Å²) in [5.74, 6) is 0.413. The number of amides is 1. The Morgan fingerprint density at radius 3 is 2.65 bits per heavy atom. The molecule has 0 spiro atoms. The Hall–Kier alpha value is -2.40. The first-order valence-electron chi connectivity index (χ1n) is 7.65. The number of carbonyl (C=O) groups is 1. The second-order valence-corrected chi connectivity index (χ2v) is 5.49. The van der Waals surface area contributed by atoms with E-state index in [1.165, 1.54) is 5.56 Å². The van der Waals surface area contributed by atoms with E-state index in [2.05, 4.69) is 10.5 Å². The average Bonchev–Trinajstić information content (AvgIpc) is 3.29. The van der Waals surface area contributed by atoms with E-state index in [9.17, 15) is 4.79 Å². The van der Waals surface area contributed by atoms with Gasteiger partial charge < -0.3 is 9.84 Å². The Bertz CT molecular complexity index is 706. The summed E-state index contributed by atoms with van der Waals surface area (Å²) >= 11 is 1.55. The molecule has 120 valence electrons. The summed E-state index contributed by atoms with van der Waals surface area (Å²) in [6.45, 7) is 4.57. The fourth-order valence-electron chi connectivity index (χ4n) is 1.97. The maximum absolute atomic E-state index is 12.0. The van der Waals surface area contributed by atoms with Gasteiger partial charge in [0.1, 0.15) is 0 Å². The molecule has 0 atom stereocenters. The molecule has 5 heteroatoms. The Labute approximate surface area is 140 Å². The summed E-state index contributed by atoms with van der Waals surface area (Å²) in [6, 6.07) is 15.6. The molecule has 0 bridgehead atoms. The molecular formula is C18H20N2O2S. The van der Waals surface area contributed by atoms with Crippen LogP contribution in [0.25, 0.3) is 10.6 Å². The van der Waals surface area contributed by atoms with E-state index in [1.54, 1.807) is 17.4 Å². The minimum atomic E-state index is -0.211. The fourth-order valence-corrected chi connectivity index (χ4v) is 2.65. The average molecular weight is 328 g/mol. The van der Waals surface area contributed by atoms with Gasteiger partial charge in [-0.3, -0.25) is 4.79 Å². The van der Waals surface area contributed by atoms with Crippen LogP contribution < -0.4 is 5.32 Å². The summed E-state index contributed by atoms with van der Waals surface area (Å²) in [6.07, 6.45) is 0.794. The predicted octanol–water partition coefficient (Wildman–Crippen LogP) is 4.40. The molecule has 0 fully saturated rings. The maximum atomic E-state index is 12.0. The van der Waals surface area contributed by atoms with Gasteiger partial charge in [-0.1, -0.05) is 55.4 Å². The molecule has 0 unspecified atom stereocenters. The molecule has 0 radical (unpaired) electrons. The van der Waals surface area contributed by atoms with Crippen LogP contribution in [0.2, 0.25) is 0 Å². The second kappa shape index (κ2) is 8.90. The topological polar surface area (TPSA) is 55.1 Å². The van der Waals surface area contributed by atoms with E-state index in [0.717, 1.165) is 11.3 Å². The van der Waals surface area contributed by atoms with Crippen molar-refractivity contribution < 1.29 is 9.32 Å². The van der Waals surface area contributed by atoms with Crippen LogP contribution in [0.15, 0.2) is 58.4 Å². The first-order chi connectivity index (χ1) is 11.3. The van der Waals surface area contributed by atoms with Crippen molar-refractivity contribution in [1.82, 2.24) is 10.5 Å². The summed E-state index contributed by atoms with van der Waals surface area (Å²) in [5, 5.41) is 8.62. The fraction of sp³-hybridized carbons (Fsp3) is 0.222. The van der Waals surface area contributed by atoms with Crippen LogP contribution >= 0.6 is 11.3 Å². The van der Waals surface area contributed by atoms with Crippen LogP contribution in [-0.2, 0) is 6.42 Å². The molecule has 3 rings (SSSR count). The van der Waals surface area contributed by atoms with Crippen molar-refractivity contribution in [3.05, 3.63) is 65.2 Å². The molecule has 1 aromatic carbocycles. The normalized spacial score (nSPS) is 9.83. The Morgan fingerprint density at radius 2 is 1.96 bits per heavy atom. The quantitative estimate of drug-likeness (QED) is 0.755. The molecule has 1 N–H and O–H groups in total. The maximum Gasteiger partial charge on any atom is 0.273 e. The lowest BCUT2D eigenvalue weighted by atomic mass is 10.1. The highest BCUT2D eigenvalue weighted by Crippen LogP contribution is 2.24. The number of carbonyl (C=O) groups excluding carboxylic acids is 1. The number of benzene rings is 1. The number of hydrogen-bond acceptors (Lipinski definition) is 4. The van der Waals surface area contributed by atoms with Gasteiger partial charge in [-0.15, -0.1) is 11.3 Å². The first kappa shape index (κ1) is 17.0. The lowest BCUT2D eigenvalue weighted by Gasteiger charge is -2.02. The molecule has 0 aliphatic heterocycles. The van der Waals surface area contributed by atoms with Gasteiger partial charge in [-0.2, -0.15) is 0 Å². The van der Waals surface area contributed by atoms with Gasteiger partial charge in [0.25, 0.3) is 5.91 Å². The lowest BCUT2D eigenvalue weighted by molar-refractivity contribution is 0.0945. The molecule has 0 aliphatic carbocycles. The zero-order valence-corrected chi connectivity index (χ0v) is 14.1. The highest BCUT2D eigenvalue weighted by molar-refractivity contribution is 7.13. The summed E-state index contributed by atoms with van der Waals surface area (Å²) in [7, 11) is 0. The van der Waals surface area contributed by atoms with Gasteiger partial charge >= 0.3 is 0 Å². The first-order valence-corrected chi connectivity index (χ1v) is 8.53. The highest BCUT2D eigenvalue weighted by atomic mass is 32.1.